The molecule has 6 nitrogen and oxygen atoms in total. The highest BCUT2D eigenvalue weighted by atomic mass is 16.3. The van der Waals surface area contributed by atoms with Crippen LogP contribution < -0.4 is 16.0 Å². The molecule has 0 aliphatic heterocycles. The number of aliphatic hydroxyl groups is 1. The number of anilines is 2. The van der Waals surface area contributed by atoms with Crippen LogP contribution in [-0.4, -0.2) is 34.2 Å². The van der Waals surface area contributed by atoms with Crippen LogP contribution in [0, 0.1) is 6.92 Å². The summed E-state index contributed by atoms with van der Waals surface area (Å²) in [5.41, 5.74) is 3.67. The van der Waals surface area contributed by atoms with Crippen LogP contribution in [0.4, 0.5) is 11.5 Å². The number of amides is 1. The first-order chi connectivity index (χ1) is 13.9. The van der Waals surface area contributed by atoms with Crippen molar-refractivity contribution in [3.8, 4) is 0 Å². The van der Waals surface area contributed by atoms with Gasteiger partial charge in [0.15, 0.2) is 0 Å². The van der Waals surface area contributed by atoms with E-state index < -0.39 is 6.10 Å². The number of nitrogens with zero attached hydrogens (tertiary/aromatic N) is 1. The minimum Gasteiger partial charge on any atom is -0.391 e. The van der Waals surface area contributed by atoms with Crippen LogP contribution in [0.3, 0.4) is 0 Å². The van der Waals surface area contributed by atoms with Gasteiger partial charge in [0.05, 0.1) is 12.1 Å². The molecule has 1 aliphatic rings. The van der Waals surface area contributed by atoms with E-state index in [9.17, 15) is 9.90 Å². The lowest BCUT2D eigenvalue weighted by molar-refractivity contribution is 0.0717. The van der Waals surface area contributed by atoms with E-state index in [2.05, 4.69) is 34.8 Å². The summed E-state index contributed by atoms with van der Waals surface area (Å²) in [7, 11) is 0. The molecule has 1 heterocycles. The van der Waals surface area contributed by atoms with Crippen LogP contribution in [0.2, 0.25) is 0 Å². The molecule has 0 saturated heterocycles. The lowest BCUT2D eigenvalue weighted by Crippen LogP contribution is -2.45. The van der Waals surface area contributed by atoms with Gasteiger partial charge >= 0.3 is 0 Å². The summed E-state index contributed by atoms with van der Waals surface area (Å²) in [6.07, 6.45) is 5.06. The number of carbonyl (C=O) groups is 1. The van der Waals surface area contributed by atoms with E-state index in [1.165, 1.54) is 0 Å². The van der Waals surface area contributed by atoms with Gasteiger partial charge in [0, 0.05) is 30.0 Å². The maximum absolute atomic E-state index is 12.7. The van der Waals surface area contributed by atoms with Crippen molar-refractivity contribution >= 4 is 17.4 Å². The molecule has 0 radical (unpaired) electrons. The fourth-order valence-electron chi connectivity index (χ4n) is 3.59. The zero-order valence-corrected chi connectivity index (χ0v) is 17.5. The maximum atomic E-state index is 12.7. The Labute approximate surface area is 173 Å². The number of hydrogen-bond acceptors (Lipinski definition) is 5. The Morgan fingerprint density at radius 2 is 2.00 bits per heavy atom. The van der Waals surface area contributed by atoms with E-state index in [4.69, 9.17) is 0 Å². The van der Waals surface area contributed by atoms with Crippen LogP contribution in [0.5, 0.6) is 0 Å². The van der Waals surface area contributed by atoms with Gasteiger partial charge in [-0.2, -0.15) is 0 Å². The second-order valence-corrected chi connectivity index (χ2v) is 8.17. The van der Waals surface area contributed by atoms with E-state index in [1.54, 1.807) is 0 Å². The van der Waals surface area contributed by atoms with E-state index in [0.29, 0.717) is 18.2 Å². The first-order valence-electron chi connectivity index (χ1n) is 10.5. The average molecular weight is 397 g/mol. The lowest BCUT2D eigenvalue weighted by Gasteiger charge is -2.28. The second-order valence-electron chi connectivity index (χ2n) is 8.17. The van der Waals surface area contributed by atoms with Crippen molar-refractivity contribution in [2.75, 3.05) is 10.6 Å². The predicted molar refractivity (Wildman–Crippen MR) is 117 cm³/mol. The highest BCUT2D eigenvalue weighted by Gasteiger charge is 2.25. The van der Waals surface area contributed by atoms with Crippen molar-refractivity contribution in [2.45, 2.75) is 71.2 Å². The normalized spacial score (nSPS) is 19.1. The van der Waals surface area contributed by atoms with Crippen molar-refractivity contribution in [1.82, 2.24) is 10.3 Å². The number of rotatable bonds is 7. The summed E-state index contributed by atoms with van der Waals surface area (Å²) in [5.74, 6) is 0.730. The summed E-state index contributed by atoms with van der Waals surface area (Å²) in [4.78, 5) is 17.1. The van der Waals surface area contributed by atoms with Gasteiger partial charge in [-0.3, -0.25) is 4.79 Å². The summed E-state index contributed by atoms with van der Waals surface area (Å²) in [5, 5.41) is 19.8. The fraction of sp³-hybridized carbons (Fsp3) is 0.478. The van der Waals surface area contributed by atoms with Gasteiger partial charge in [0.25, 0.3) is 5.91 Å². The fourth-order valence-corrected chi connectivity index (χ4v) is 3.59. The van der Waals surface area contributed by atoms with Gasteiger partial charge in [-0.15, -0.1) is 0 Å². The standard InChI is InChI=1S/C23H32N4O2/c1-15(2)26-22-11-9-17(14-25-22)13-24-20-12-18(10-8-16(20)3)23(29)27-19-6-4-5-7-21(19)28/h8-12,14-15,19,21,24,28H,4-7,13H2,1-3H3,(H,25,26)(H,27,29)/t19-,21-/m0/s1. The van der Waals surface area contributed by atoms with Crippen LogP contribution in [0.15, 0.2) is 36.5 Å². The Bertz CT molecular complexity index is 820. The van der Waals surface area contributed by atoms with Gasteiger partial charge in [0.2, 0.25) is 0 Å². The molecule has 29 heavy (non-hydrogen) atoms. The molecule has 156 valence electrons. The summed E-state index contributed by atoms with van der Waals surface area (Å²) in [6.45, 7) is 6.81. The number of pyridine rings is 1. The average Bonchev–Trinajstić information content (AvgIpc) is 2.69. The topological polar surface area (TPSA) is 86.3 Å². The molecule has 4 N–H and O–H groups in total. The first-order valence-corrected chi connectivity index (χ1v) is 10.5. The zero-order chi connectivity index (χ0) is 20.8. The number of aliphatic hydroxyl groups excluding tert-OH is 1. The Kier molecular flexibility index (Phi) is 7.09. The molecule has 0 unspecified atom stereocenters. The molecule has 3 rings (SSSR count). The minimum atomic E-state index is -0.448. The second kappa shape index (κ2) is 9.74. The van der Waals surface area contributed by atoms with Gasteiger partial charge in [0.1, 0.15) is 5.82 Å². The maximum Gasteiger partial charge on any atom is 0.251 e. The summed E-state index contributed by atoms with van der Waals surface area (Å²) >= 11 is 0. The van der Waals surface area contributed by atoms with Crippen molar-refractivity contribution in [3.05, 3.63) is 53.2 Å². The molecule has 6 heteroatoms. The van der Waals surface area contributed by atoms with Crippen LogP contribution in [0.25, 0.3) is 0 Å². The predicted octanol–water partition coefficient (Wildman–Crippen LogP) is 3.86. The van der Waals surface area contributed by atoms with Crippen LogP contribution in [-0.2, 0) is 6.54 Å². The number of aromatic nitrogens is 1. The van der Waals surface area contributed by atoms with Crippen molar-refractivity contribution in [1.29, 1.82) is 0 Å². The Balaban J connectivity index is 1.62. The van der Waals surface area contributed by atoms with E-state index >= 15 is 0 Å². The SMILES string of the molecule is Cc1ccc(C(=O)N[C@H]2CCCC[C@@H]2O)cc1NCc1ccc(NC(C)C)nc1. The highest BCUT2D eigenvalue weighted by molar-refractivity contribution is 5.95. The largest absolute Gasteiger partial charge is 0.391 e. The van der Waals surface area contributed by atoms with Crippen LogP contribution in [0.1, 0.15) is 61.0 Å². The molecule has 2 atom stereocenters. The number of carbonyl (C=O) groups excluding carboxylic acids is 1. The van der Waals surface area contributed by atoms with Gasteiger partial charge in [-0.1, -0.05) is 25.0 Å². The molecule has 1 aromatic heterocycles. The lowest BCUT2D eigenvalue weighted by atomic mass is 9.92. The third-order valence-electron chi connectivity index (χ3n) is 5.29. The quantitative estimate of drug-likeness (QED) is 0.571. The monoisotopic (exact) mass is 396 g/mol. The molecule has 0 bridgehead atoms. The number of benzene rings is 1. The zero-order valence-electron chi connectivity index (χ0n) is 17.5. The molecule has 1 fully saturated rings. The molecule has 1 saturated carbocycles. The summed E-state index contributed by atoms with van der Waals surface area (Å²) in [6, 6.07) is 9.86. The summed E-state index contributed by atoms with van der Waals surface area (Å²) < 4.78 is 0. The van der Waals surface area contributed by atoms with E-state index in [0.717, 1.165) is 48.3 Å². The third-order valence-corrected chi connectivity index (χ3v) is 5.29. The van der Waals surface area contributed by atoms with Crippen LogP contribution >= 0.6 is 0 Å². The molecule has 1 amide bonds. The van der Waals surface area contributed by atoms with Gasteiger partial charge in [-0.25, -0.2) is 4.98 Å². The molecular weight excluding hydrogens is 364 g/mol. The van der Waals surface area contributed by atoms with E-state index in [-0.39, 0.29) is 11.9 Å². The molecule has 2 aromatic rings. The molecule has 1 aliphatic carbocycles. The Morgan fingerprint density at radius 1 is 1.21 bits per heavy atom. The smallest absolute Gasteiger partial charge is 0.251 e. The first kappa shape index (κ1) is 21.1. The van der Waals surface area contributed by atoms with Crippen molar-refractivity contribution in [2.24, 2.45) is 0 Å². The number of hydrogen-bond donors (Lipinski definition) is 4. The van der Waals surface area contributed by atoms with Crippen molar-refractivity contribution < 1.29 is 9.90 Å². The van der Waals surface area contributed by atoms with E-state index in [1.807, 2.05) is 43.5 Å². The Morgan fingerprint density at radius 3 is 2.69 bits per heavy atom. The minimum absolute atomic E-state index is 0.134. The molecule has 0 spiro atoms. The molecule has 1 aromatic carbocycles. The number of aryl methyl sites for hydroxylation is 1. The Hall–Kier alpha value is -2.60. The number of nitrogens with one attached hydrogen (secondary N) is 3. The molecular formula is C23H32N4O2. The highest BCUT2D eigenvalue weighted by Crippen LogP contribution is 2.21. The van der Waals surface area contributed by atoms with Crippen molar-refractivity contribution in [3.63, 3.8) is 0 Å². The van der Waals surface area contributed by atoms with Gasteiger partial charge < -0.3 is 21.1 Å². The van der Waals surface area contributed by atoms with Gasteiger partial charge in [-0.05, 0) is 62.9 Å². The third kappa shape index (κ3) is 5.94.